The number of nitrogen functional groups attached to an aromatic ring is 1. The molecule has 1 rings (SSSR count). The van der Waals surface area contributed by atoms with Gasteiger partial charge in [-0.05, 0) is 23.1 Å². The van der Waals surface area contributed by atoms with Crippen molar-refractivity contribution in [3.8, 4) is 0 Å². The van der Waals surface area contributed by atoms with Gasteiger partial charge in [-0.15, -0.1) is 0 Å². The molecule has 1 aromatic carbocycles. The Balaban J connectivity index is 3.21. The minimum Gasteiger partial charge on any atom is -0.398 e. The molecule has 0 heterocycles. The average Bonchev–Trinajstić information content (AvgIpc) is 1.99. The Morgan fingerprint density at radius 1 is 1.07 bits per heavy atom. The van der Waals surface area contributed by atoms with E-state index >= 15 is 0 Å². The highest BCUT2D eigenvalue weighted by molar-refractivity contribution is 5.52. The molecule has 1 aromatic rings. The molecular formula is C11H14F3N. The van der Waals surface area contributed by atoms with E-state index in [4.69, 9.17) is 5.73 Å². The molecule has 0 aromatic heterocycles. The van der Waals surface area contributed by atoms with Crippen molar-refractivity contribution in [1.82, 2.24) is 0 Å². The highest BCUT2D eigenvalue weighted by atomic mass is 19.4. The molecule has 4 heteroatoms. The third kappa shape index (κ3) is 2.64. The van der Waals surface area contributed by atoms with Gasteiger partial charge in [0.15, 0.2) is 0 Å². The molecule has 0 spiro atoms. The Morgan fingerprint density at radius 2 is 1.60 bits per heavy atom. The van der Waals surface area contributed by atoms with E-state index in [0.717, 1.165) is 17.7 Å². The first-order valence-corrected chi connectivity index (χ1v) is 4.59. The van der Waals surface area contributed by atoms with Crippen molar-refractivity contribution < 1.29 is 13.2 Å². The second-order valence-electron chi connectivity index (χ2n) is 4.55. The molecule has 1 nitrogen and oxygen atoms in total. The van der Waals surface area contributed by atoms with Gasteiger partial charge in [-0.25, -0.2) is 0 Å². The molecule has 2 N–H and O–H groups in total. The molecule has 0 radical (unpaired) electrons. The van der Waals surface area contributed by atoms with Crippen LogP contribution in [0.2, 0.25) is 0 Å². The maximum atomic E-state index is 12.3. The number of hydrogen-bond acceptors (Lipinski definition) is 1. The van der Waals surface area contributed by atoms with E-state index < -0.39 is 11.7 Å². The van der Waals surface area contributed by atoms with Gasteiger partial charge in [-0.2, -0.15) is 13.2 Å². The lowest BCUT2D eigenvalue weighted by Gasteiger charge is -2.22. The number of nitrogens with two attached hydrogens (primary N) is 1. The lowest BCUT2D eigenvalue weighted by atomic mass is 9.85. The maximum Gasteiger partial charge on any atom is 0.416 e. The van der Waals surface area contributed by atoms with Crippen molar-refractivity contribution in [2.24, 2.45) is 0 Å². The molecule has 0 aliphatic carbocycles. The molecular weight excluding hydrogens is 203 g/mol. The quantitative estimate of drug-likeness (QED) is 0.660. The van der Waals surface area contributed by atoms with Crippen LogP contribution in [0.5, 0.6) is 0 Å². The number of halogens is 3. The molecule has 0 aliphatic rings. The zero-order valence-corrected chi connectivity index (χ0v) is 8.94. The van der Waals surface area contributed by atoms with Gasteiger partial charge < -0.3 is 5.73 Å². The Morgan fingerprint density at radius 3 is 1.93 bits per heavy atom. The zero-order chi connectivity index (χ0) is 11.9. The summed E-state index contributed by atoms with van der Waals surface area (Å²) in [5.74, 6) is 0. The lowest BCUT2D eigenvalue weighted by molar-refractivity contribution is -0.137. The second kappa shape index (κ2) is 3.43. The Hall–Kier alpha value is -1.19. The minimum atomic E-state index is -4.33. The van der Waals surface area contributed by atoms with Crippen LogP contribution >= 0.6 is 0 Å². The highest BCUT2D eigenvalue weighted by Crippen LogP contribution is 2.34. The molecule has 84 valence electrons. The van der Waals surface area contributed by atoms with E-state index in [9.17, 15) is 13.2 Å². The monoisotopic (exact) mass is 217 g/mol. The first-order valence-electron chi connectivity index (χ1n) is 4.59. The summed E-state index contributed by atoms with van der Waals surface area (Å²) >= 11 is 0. The van der Waals surface area contributed by atoms with Crippen molar-refractivity contribution in [1.29, 1.82) is 0 Å². The molecule has 0 aliphatic heterocycles. The standard InChI is InChI=1S/C11H14F3N/c1-10(2,3)8-5-4-7(6-9(8)15)11(12,13)14/h4-6H,15H2,1-3H3. The summed E-state index contributed by atoms with van der Waals surface area (Å²) in [6, 6.07) is 3.50. The van der Waals surface area contributed by atoms with E-state index in [1.807, 2.05) is 20.8 Å². The summed E-state index contributed by atoms with van der Waals surface area (Å²) in [6.45, 7) is 5.73. The Labute approximate surface area is 87.1 Å². The van der Waals surface area contributed by atoms with Crippen LogP contribution in [0.25, 0.3) is 0 Å². The zero-order valence-electron chi connectivity index (χ0n) is 8.94. The molecule has 0 unspecified atom stereocenters. The van der Waals surface area contributed by atoms with Crippen molar-refractivity contribution in [3.63, 3.8) is 0 Å². The topological polar surface area (TPSA) is 26.0 Å². The fourth-order valence-corrected chi connectivity index (χ4v) is 1.42. The SMILES string of the molecule is CC(C)(C)c1ccc(C(F)(F)F)cc1N. The van der Waals surface area contributed by atoms with E-state index in [-0.39, 0.29) is 11.1 Å². The first-order chi connectivity index (χ1) is 6.62. The van der Waals surface area contributed by atoms with Gasteiger partial charge in [-0.1, -0.05) is 26.8 Å². The molecule has 0 bridgehead atoms. The highest BCUT2D eigenvalue weighted by Gasteiger charge is 2.31. The van der Waals surface area contributed by atoms with Crippen molar-refractivity contribution in [2.75, 3.05) is 5.73 Å². The van der Waals surface area contributed by atoms with Crippen molar-refractivity contribution in [3.05, 3.63) is 29.3 Å². The number of rotatable bonds is 0. The van der Waals surface area contributed by atoms with E-state index in [2.05, 4.69) is 0 Å². The molecule has 15 heavy (non-hydrogen) atoms. The van der Waals surface area contributed by atoms with Gasteiger partial charge >= 0.3 is 6.18 Å². The average molecular weight is 217 g/mol. The third-order valence-electron chi connectivity index (χ3n) is 2.19. The van der Waals surface area contributed by atoms with Gasteiger partial charge in [0, 0.05) is 5.69 Å². The summed E-state index contributed by atoms with van der Waals surface area (Å²) < 4.78 is 37.0. The molecule has 0 fully saturated rings. The van der Waals surface area contributed by atoms with E-state index in [1.165, 1.54) is 6.07 Å². The van der Waals surface area contributed by atoms with Gasteiger partial charge in [0.05, 0.1) is 5.56 Å². The lowest BCUT2D eigenvalue weighted by Crippen LogP contribution is -2.15. The third-order valence-corrected chi connectivity index (χ3v) is 2.19. The van der Waals surface area contributed by atoms with Crippen LogP contribution in [-0.4, -0.2) is 0 Å². The summed E-state index contributed by atoms with van der Waals surface area (Å²) in [5, 5.41) is 0. The number of benzene rings is 1. The van der Waals surface area contributed by atoms with Crippen molar-refractivity contribution >= 4 is 5.69 Å². The minimum absolute atomic E-state index is 0.192. The summed E-state index contributed by atoms with van der Waals surface area (Å²) in [4.78, 5) is 0. The fraction of sp³-hybridized carbons (Fsp3) is 0.455. The second-order valence-corrected chi connectivity index (χ2v) is 4.55. The van der Waals surface area contributed by atoms with Crippen LogP contribution in [-0.2, 0) is 11.6 Å². The van der Waals surface area contributed by atoms with E-state index in [0.29, 0.717) is 0 Å². The van der Waals surface area contributed by atoms with Gasteiger partial charge in [-0.3, -0.25) is 0 Å². The normalized spacial score (nSPS) is 12.9. The fourth-order valence-electron chi connectivity index (χ4n) is 1.42. The molecule has 0 amide bonds. The maximum absolute atomic E-state index is 12.3. The Kier molecular flexibility index (Phi) is 2.72. The van der Waals surface area contributed by atoms with Crippen LogP contribution in [0.15, 0.2) is 18.2 Å². The van der Waals surface area contributed by atoms with Crippen LogP contribution in [0, 0.1) is 0 Å². The number of anilines is 1. The van der Waals surface area contributed by atoms with Gasteiger partial charge in [0.25, 0.3) is 0 Å². The smallest absolute Gasteiger partial charge is 0.398 e. The molecule has 0 saturated carbocycles. The van der Waals surface area contributed by atoms with Crippen molar-refractivity contribution in [2.45, 2.75) is 32.4 Å². The number of alkyl halides is 3. The summed E-state index contributed by atoms with van der Waals surface area (Å²) in [7, 11) is 0. The summed E-state index contributed by atoms with van der Waals surface area (Å²) in [5.41, 5.74) is 5.59. The van der Waals surface area contributed by atoms with Gasteiger partial charge in [0.1, 0.15) is 0 Å². The van der Waals surface area contributed by atoms with Crippen LogP contribution in [0.3, 0.4) is 0 Å². The van der Waals surface area contributed by atoms with Crippen LogP contribution in [0.4, 0.5) is 18.9 Å². The van der Waals surface area contributed by atoms with Crippen LogP contribution < -0.4 is 5.73 Å². The largest absolute Gasteiger partial charge is 0.416 e. The van der Waals surface area contributed by atoms with Crippen LogP contribution in [0.1, 0.15) is 31.9 Å². The predicted molar refractivity (Wildman–Crippen MR) is 54.6 cm³/mol. The Bertz CT molecular complexity index is 361. The predicted octanol–water partition coefficient (Wildman–Crippen LogP) is 3.59. The number of hydrogen-bond donors (Lipinski definition) is 1. The molecule has 0 saturated heterocycles. The first kappa shape index (κ1) is 11.9. The summed E-state index contributed by atoms with van der Waals surface area (Å²) in [6.07, 6.45) is -4.33. The van der Waals surface area contributed by atoms with E-state index in [1.54, 1.807) is 0 Å². The van der Waals surface area contributed by atoms with Gasteiger partial charge in [0.2, 0.25) is 0 Å². The molecule has 0 atom stereocenters.